The lowest BCUT2D eigenvalue weighted by Gasteiger charge is -2.32. The smallest absolute Gasteiger partial charge is 0.278 e. The SMILES string of the molecule is CC1Cn2nc(COc3ccccc3)cc2C(=O)N1c1ccc(F)cn1. The molecule has 1 amide bonds. The zero-order valence-corrected chi connectivity index (χ0v) is 14.2. The predicted molar refractivity (Wildman–Crippen MR) is 93.5 cm³/mol. The van der Waals surface area contributed by atoms with E-state index in [0.29, 0.717) is 23.8 Å². The molecule has 7 heteroatoms. The molecule has 0 spiro atoms. The van der Waals surface area contributed by atoms with Crippen molar-refractivity contribution in [3.05, 3.63) is 71.9 Å². The van der Waals surface area contributed by atoms with Gasteiger partial charge in [-0.15, -0.1) is 0 Å². The van der Waals surface area contributed by atoms with Crippen LogP contribution in [0.3, 0.4) is 0 Å². The quantitative estimate of drug-likeness (QED) is 0.724. The van der Waals surface area contributed by atoms with Crippen molar-refractivity contribution in [1.29, 1.82) is 0 Å². The lowest BCUT2D eigenvalue weighted by Crippen LogP contribution is -2.47. The van der Waals surface area contributed by atoms with E-state index in [0.717, 1.165) is 11.9 Å². The van der Waals surface area contributed by atoms with Gasteiger partial charge >= 0.3 is 0 Å². The number of hydrogen-bond donors (Lipinski definition) is 0. The molecule has 0 radical (unpaired) electrons. The number of amides is 1. The van der Waals surface area contributed by atoms with Crippen molar-refractivity contribution < 1.29 is 13.9 Å². The fourth-order valence-corrected chi connectivity index (χ4v) is 3.02. The minimum Gasteiger partial charge on any atom is -0.487 e. The summed E-state index contributed by atoms with van der Waals surface area (Å²) in [6.07, 6.45) is 1.11. The van der Waals surface area contributed by atoms with Crippen molar-refractivity contribution in [2.75, 3.05) is 4.90 Å². The number of carbonyl (C=O) groups excluding carboxylic acids is 1. The number of carbonyl (C=O) groups is 1. The van der Waals surface area contributed by atoms with Crippen LogP contribution < -0.4 is 9.64 Å². The molecule has 0 fully saturated rings. The molecule has 26 heavy (non-hydrogen) atoms. The maximum absolute atomic E-state index is 13.1. The van der Waals surface area contributed by atoms with E-state index in [1.165, 1.54) is 12.1 Å². The predicted octanol–water partition coefficient (Wildman–Crippen LogP) is 3.05. The summed E-state index contributed by atoms with van der Waals surface area (Å²) in [5, 5.41) is 4.47. The summed E-state index contributed by atoms with van der Waals surface area (Å²) in [4.78, 5) is 18.5. The second-order valence-corrected chi connectivity index (χ2v) is 6.16. The van der Waals surface area contributed by atoms with Gasteiger partial charge in [-0.1, -0.05) is 18.2 Å². The molecule has 6 nitrogen and oxygen atoms in total. The van der Waals surface area contributed by atoms with E-state index in [1.54, 1.807) is 15.6 Å². The largest absolute Gasteiger partial charge is 0.487 e. The summed E-state index contributed by atoms with van der Waals surface area (Å²) >= 11 is 0. The number of rotatable bonds is 4. The van der Waals surface area contributed by atoms with Crippen LogP contribution in [0.4, 0.5) is 10.2 Å². The molecule has 1 aliphatic rings. The van der Waals surface area contributed by atoms with Crippen molar-refractivity contribution in [2.45, 2.75) is 26.1 Å². The fraction of sp³-hybridized carbons (Fsp3) is 0.211. The van der Waals surface area contributed by atoms with Gasteiger partial charge in [-0.2, -0.15) is 5.10 Å². The molecule has 1 aliphatic heterocycles. The van der Waals surface area contributed by atoms with Gasteiger partial charge in [0.2, 0.25) is 0 Å². The molecule has 0 aliphatic carbocycles. The monoisotopic (exact) mass is 352 g/mol. The van der Waals surface area contributed by atoms with E-state index >= 15 is 0 Å². The average Bonchev–Trinajstić information content (AvgIpc) is 3.05. The van der Waals surface area contributed by atoms with Gasteiger partial charge in [0.15, 0.2) is 0 Å². The van der Waals surface area contributed by atoms with Crippen LogP contribution in [-0.4, -0.2) is 26.7 Å². The highest BCUT2D eigenvalue weighted by molar-refractivity contribution is 6.05. The Labute approximate surface area is 149 Å². The van der Waals surface area contributed by atoms with E-state index in [1.807, 2.05) is 37.3 Å². The molecule has 0 saturated carbocycles. The number of halogens is 1. The van der Waals surface area contributed by atoms with Crippen molar-refractivity contribution in [1.82, 2.24) is 14.8 Å². The molecular weight excluding hydrogens is 335 g/mol. The molecule has 3 heterocycles. The van der Waals surface area contributed by atoms with Gasteiger partial charge in [-0.05, 0) is 37.3 Å². The zero-order valence-electron chi connectivity index (χ0n) is 14.2. The molecule has 0 saturated heterocycles. The zero-order chi connectivity index (χ0) is 18.1. The number of nitrogens with zero attached hydrogens (tertiary/aromatic N) is 4. The van der Waals surface area contributed by atoms with Crippen molar-refractivity contribution >= 4 is 11.7 Å². The van der Waals surface area contributed by atoms with E-state index in [9.17, 15) is 9.18 Å². The highest BCUT2D eigenvalue weighted by Crippen LogP contribution is 2.24. The number of anilines is 1. The normalized spacial score (nSPS) is 16.5. The Morgan fingerprint density at radius 2 is 2.04 bits per heavy atom. The Morgan fingerprint density at radius 3 is 2.77 bits per heavy atom. The van der Waals surface area contributed by atoms with Crippen LogP contribution in [0.15, 0.2) is 54.7 Å². The third-order valence-corrected chi connectivity index (χ3v) is 4.23. The van der Waals surface area contributed by atoms with Crippen molar-refractivity contribution in [3.63, 3.8) is 0 Å². The van der Waals surface area contributed by atoms with Gasteiger partial charge in [-0.25, -0.2) is 9.37 Å². The maximum atomic E-state index is 13.1. The molecule has 3 aromatic rings. The first-order chi connectivity index (χ1) is 12.6. The van der Waals surface area contributed by atoms with Crippen LogP contribution in [0.2, 0.25) is 0 Å². The molecule has 1 unspecified atom stereocenters. The van der Waals surface area contributed by atoms with Crippen LogP contribution in [0.25, 0.3) is 0 Å². The first-order valence-corrected chi connectivity index (χ1v) is 8.31. The average molecular weight is 352 g/mol. The Hall–Kier alpha value is -3.22. The molecule has 4 rings (SSSR count). The highest BCUT2D eigenvalue weighted by atomic mass is 19.1. The Bertz CT molecular complexity index is 924. The van der Waals surface area contributed by atoms with E-state index in [2.05, 4.69) is 10.1 Å². The van der Waals surface area contributed by atoms with Gasteiger partial charge in [0.1, 0.15) is 35.4 Å². The van der Waals surface area contributed by atoms with Crippen LogP contribution in [0, 0.1) is 5.82 Å². The number of aromatic nitrogens is 3. The molecule has 1 atom stereocenters. The first kappa shape index (κ1) is 16.3. The summed E-state index contributed by atoms with van der Waals surface area (Å²) in [6, 6.07) is 13.8. The minimum atomic E-state index is -0.434. The third-order valence-electron chi connectivity index (χ3n) is 4.23. The lowest BCUT2D eigenvalue weighted by atomic mass is 10.2. The summed E-state index contributed by atoms with van der Waals surface area (Å²) < 4.78 is 20.5. The van der Waals surface area contributed by atoms with Crippen molar-refractivity contribution in [2.24, 2.45) is 0 Å². The second kappa shape index (κ2) is 6.59. The van der Waals surface area contributed by atoms with Gasteiger partial charge in [0.05, 0.1) is 18.8 Å². The van der Waals surface area contributed by atoms with Crippen LogP contribution in [0.5, 0.6) is 5.75 Å². The summed E-state index contributed by atoms with van der Waals surface area (Å²) in [5.74, 6) is 0.534. The second-order valence-electron chi connectivity index (χ2n) is 6.16. The number of fused-ring (bicyclic) bond motifs is 1. The molecular formula is C19H17FN4O2. The highest BCUT2D eigenvalue weighted by Gasteiger charge is 2.33. The Kier molecular flexibility index (Phi) is 4.12. The number of para-hydroxylation sites is 1. The minimum absolute atomic E-state index is 0.143. The third kappa shape index (κ3) is 3.03. The molecule has 132 valence electrons. The van der Waals surface area contributed by atoms with Crippen LogP contribution in [-0.2, 0) is 13.2 Å². The van der Waals surface area contributed by atoms with Gasteiger partial charge < -0.3 is 4.74 Å². The van der Waals surface area contributed by atoms with E-state index in [-0.39, 0.29) is 18.6 Å². The Morgan fingerprint density at radius 1 is 1.23 bits per heavy atom. The number of pyridine rings is 1. The van der Waals surface area contributed by atoms with Crippen LogP contribution >= 0.6 is 0 Å². The fourth-order valence-electron chi connectivity index (χ4n) is 3.02. The standard InChI is InChI=1S/C19H17FN4O2/c1-13-11-23-17(19(25)24(13)18-8-7-14(20)10-21-18)9-15(22-23)12-26-16-5-3-2-4-6-16/h2-10,13H,11-12H2,1H3. The summed E-state index contributed by atoms with van der Waals surface area (Å²) in [5.41, 5.74) is 1.15. The molecule has 0 bridgehead atoms. The van der Waals surface area contributed by atoms with Gasteiger partial charge in [-0.3, -0.25) is 14.4 Å². The molecule has 1 aromatic carbocycles. The van der Waals surface area contributed by atoms with Crippen molar-refractivity contribution in [3.8, 4) is 5.75 Å². The number of ether oxygens (including phenoxy) is 1. The summed E-state index contributed by atoms with van der Waals surface area (Å²) in [6.45, 7) is 2.72. The summed E-state index contributed by atoms with van der Waals surface area (Å²) in [7, 11) is 0. The van der Waals surface area contributed by atoms with Gasteiger partial charge in [0.25, 0.3) is 5.91 Å². The Balaban J connectivity index is 1.56. The number of hydrogen-bond acceptors (Lipinski definition) is 4. The topological polar surface area (TPSA) is 60.3 Å². The van der Waals surface area contributed by atoms with E-state index in [4.69, 9.17) is 4.74 Å². The lowest BCUT2D eigenvalue weighted by molar-refractivity contribution is 0.0946. The molecule has 2 aromatic heterocycles. The van der Waals surface area contributed by atoms with Gasteiger partial charge in [0, 0.05) is 0 Å². The molecule has 0 N–H and O–H groups in total. The number of benzene rings is 1. The first-order valence-electron chi connectivity index (χ1n) is 8.31. The van der Waals surface area contributed by atoms with E-state index < -0.39 is 5.82 Å². The maximum Gasteiger partial charge on any atom is 0.278 e. The van der Waals surface area contributed by atoms with Crippen LogP contribution in [0.1, 0.15) is 23.1 Å².